The van der Waals surface area contributed by atoms with Crippen molar-refractivity contribution in [3.8, 4) is 0 Å². The maximum absolute atomic E-state index is 12.0. The normalized spacial score (nSPS) is 11.7. The number of carbonyl (C=O) groups excluding carboxylic acids is 2. The van der Waals surface area contributed by atoms with Gasteiger partial charge in [-0.2, -0.15) is 0 Å². The van der Waals surface area contributed by atoms with Gasteiger partial charge in [0.25, 0.3) is 0 Å². The number of esters is 1. The molecule has 0 radical (unpaired) electrons. The average Bonchev–Trinajstić information content (AvgIpc) is 2.77. The van der Waals surface area contributed by atoms with Crippen LogP contribution in [0.4, 0.5) is 5.13 Å². The zero-order chi connectivity index (χ0) is 16.5. The summed E-state index contributed by atoms with van der Waals surface area (Å²) in [4.78, 5) is 28.3. The van der Waals surface area contributed by atoms with Gasteiger partial charge in [-0.25, -0.2) is 9.78 Å². The summed E-state index contributed by atoms with van der Waals surface area (Å²) in [5.41, 5.74) is 0.748. The van der Waals surface area contributed by atoms with Crippen molar-refractivity contribution in [1.82, 2.24) is 4.98 Å². The first-order valence-electron chi connectivity index (χ1n) is 7.10. The number of aromatic nitrogens is 1. The number of amides is 1. The van der Waals surface area contributed by atoms with Gasteiger partial charge >= 0.3 is 5.97 Å². The molecule has 5 nitrogen and oxygen atoms in total. The molecule has 0 unspecified atom stereocenters. The quantitative estimate of drug-likeness (QED) is 0.872. The van der Waals surface area contributed by atoms with Crippen molar-refractivity contribution in [3.63, 3.8) is 0 Å². The molecule has 2 aromatic rings. The Morgan fingerprint density at radius 2 is 1.95 bits per heavy atom. The van der Waals surface area contributed by atoms with Gasteiger partial charge in [0.15, 0.2) is 5.13 Å². The summed E-state index contributed by atoms with van der Waals surface area (Å²) in [6.45, 7) is 9.15. The number of hydrogen-bond acceptors (Lipinski definition) is 5. The van der Waals surface area contributed by atoms with E-state index in [1.54, 1.807) is 18.2 Å². The molecule has 0 saturated carbocycles. The lowest BCUT2D eigenvalue weighted by Gasteiger charge is -2.15. The number of nitrogens with one attached hydrogen (secondary N) is 1. The van der Waals surface area contributed by atoms with Gasteiger partial charge in [0.2, 0.25) is 5.91 Å². The highest BCUT2D eigenvalue weighted by molar-refractivity contribution is 7.22. The minimum Gasteiger partial charge on any atom is -0.459 e. The maximum atomic E-state index is 12.0. The van der Waals surface area contributed by atoms with Gasteiger partial charge in [-0.3, -0.25) is 4.79 Å². The molecule has 0 bridgehead atoms. The topological polar surface area (TPSA) is 68.3 Å². The third-order valence-electron chi connectivity index (χ3n) is 2.87. The third-order valence-corrected chi connectivity index (χ3v) is 3.80. The van der Waals surface area contributed by atoms with E-state index in [1.165, 1.54) is 11.3 Å². The van der Waals surface area contributed by atoms with E-state index >= 15 is 0 Å². The number of anilines is 1. The molecule has 0 fully saturated rings. The first-order valence-corrected chi connectivity index (χ1v) is 7.91. The minimum absolute atomic E-state index is 0.0917. The van der Waals surface area contributed by atoms with Crippen molar-refractivity contribution in [3.05, 3.63) is 23.8 Å². The molecule has 0 saturated heterocycles. The zero-order valence-electron chi connectivity index (χ0n) is 13.4. The molecular weight excluding hydrogens is 300 g/mol. The molecule has 22 heavy (non-hydrogen) atoms. The Kier molecular flexibility index (Phi) is 4.51. The van der Waals surface area contributed by atoms with Gasteiger partial charge in [0, 0.05) is 5.41 Å². The first kappa shape index (κ1) is 16.4. The molecule has 1 N–H and O–H groups in total. The Hall–Kier alpha value is -1.95. The summed E-state index contributed by atoms with van der Waals surface area (Å²) in [5, 5.41) is 3.34. The lowest BCUT2D eigenvalue weighted by molar-refractivity contribution is -0.123. The van der Waals surface area contributed by atoms with Crippen LogP contribution in [0, 0.1) is 5.41 Å². The molecule has 0 aliphatic heterocycles. The Balaban J connectivity index is 2.24. The highest BCUT2D eigenvalue weighted by atomic mass is 32.1. The summed E-state index contributed by atoms with van der Waals surface area (Å²) < 4.78 is 6.01. The van der Waals surface area contributed by atoms with E-state index in [9.17, 15) is 9.59 Å². The van der Waals surface area contributed by atoms with E-state index < -0.39 is 5.41 Å². The zero-order valence-corrected chi connectivity index (χ0v) is 14.2. The predicted molar refractivity (Wildman–Crippen MR) is 88.3 cm³/mol. The number of nitrogens with zero attached hydrogens (tertiary/aromatic N) is 1. The molecule has 1 aromatic carbocycles. The molecule has 1 aromatic heterocycles. The summed E-state index contributed by atoms with van der Waals surface area (Å²) >= 11 is 1.34. The van der Waals surface area contributed by atoms with E-state index in [-0.39, 0.29) is 18.0 Å². The SMILES string of the molecule is CC(C)OC(=O)c1ccc2nc(NC(=O)C(C)(C)C)sc2c1. The second-order valence-corrected chi connectivity index (χ2v) is 7.39. The molecule has 0 aliphatic rings. The van der Waals surface area contributed by atoms with Crippen molar-refractivity contribution >= 4 is 38.6 Å². The number of benzene rings is 1. The van der Waals surface area contributed by atoms with Crippen molar-refractivity contribution in [2.24, 2.45) is 5.41 Å². The van der Waals surface area contributed by atoms with Crippen LogP contribution in [0.25, 0.3) is 10.2 Å². The van der Waals surface area contributed by atoms with Crippen LogP contribution in [0.1, 0.15) is 45.0 Å². The van der Waals surface area contributed by atoms with Gasteiger partial charge in [-0.15, -0.1) is 0 Å². The van der Waals surface area contributed by atoms with Gasteiger partial charge in [-0.05, 0) is 32.0 Å². The van der Waals surface area contributed by atoms with Crippen LogP contribution >= 0.6 is 11.3 Å². The molecule has 0 aliphatic carbocycles. The maximum Gasteiger partial charge on any atom is 0.338 e. The van der Waals surface area contributed by atoms with E-state index in [2.05, 4.69) is 10.3 Å². The lowest BCUT2D eigenvalue weighted by Crippen LogP contribution is -2.27. The molecule has 0 atom stereocenters. The van der Waals surface area contributed by atoms with E-state index in [4.69, 9.17) is 4.74 Å². The van der Waals surface area contributed by atoms with Gasteiger partial charge in [-0.1, -0.05) is 32.1 Å². The van der Waals surface area contributed by atoms with Crippen LogP contribution in [0.3, 0.4) is 0 Å². The monoisotopic (exact) mass is 320 g/mol. The van der Waals surface area contributed by atoms with Crippen LogP contribution in [-0.2, 0) is 9.53 Å². The Labute approximate surface area is 133 Å². The van der Waals surface area contributed by atoms with Crippen LogP contribution in [0.5, 0.6) is 0 Å². The summed E-state index contributed by atoms with van der Waals surface area (Å²) in [6.07, 6.45) is -0.161. The molecule has 1 heterocycles. The van der Waals surface area contributed by atoms with Crippen LogP contribution in [0.2, 0.25) is 0 Å². The fourth-order valence-corrected chi connectivity index (χ4v) is 2.57. The highest BCUT2D eigenvalue weighted by Crippen LogP contribution is 2.28. The number of ether oxygens (including phenoxy) is 1. The van der Waals surface area contributed by atoms with E-state index in [0.717, 1.165) is 10.2 Å². The Bertz CT molecular complexity index is 714. The molecule has 6 heteroatoms. The fraction of sp³-hybridized carbons (Fsp3) is 0.438. The smallest absolute Gasteiger partial charge is 0.338 e. The lowest BCUT2D eigenvalue weighted by atomic mass is 9.96. The van der Waals surface area contributed by atoms with Crippen molar-refractivity contribution in [2.45, 2.75) is 40.7 Å². The van der Waals surface area contributed by atoms with E-state index in [0.29, 0.717) is 10.7 Å². The molecule has 118 valence electrons. The van der Waals surface area contributed by atoms with Crippen LogP contribution < -0.4 is 5.32 Å². The Morgan fingerprint density at radius 3 is 2.55 bits per heavy atom. The second-order valence-electron chi connectivity index (χ2n) is 6.36. The standard InChI is InChI=1S/C16H20N2O3S/c1-9(2)21-13(19)10-6-7-11-12(8-10)22-15(17-11)18-14(20)16(3,4)5/h6-9H,1-5H3,(H,17,18,20). The largest absolute Gasteiger partial charge is 0.459 e. The van der Waals surface area contributed by atoms with Crippen molar-refractivity contribution in [1.29, 1.82) is 0 Å². The number of fused-ring (bicyclic) bond motifs is 1. The molecule has 2 rings (SSSR count). The molecular formula is C16H20N2O3S. The van der Waals surface area contributed by atoms with Crippen molar-refractivity contribution < 1.29 is 14.3 Å². The fourth-order valence-electron chi connectivity index (χ4n) is 1.67. The Morgan fingerprint density at radius 1 is 1.27 bits per heavy atom. The average molecular weight is 320 g/mol. The minimum atomic E-state index is -0.482. The van der Waals surface area contributed by atoms with Crippen LogP contribution in [-0.4, -0.2) is 23.0 Å². The number of hydrogen-bond donors (Lipinski definition) is 1. The van der Waals surface area contributed by atoms with Gasteiger partial charge < -0.3 is 10.1 Å². The molecule has 0 spiro atoms. The number of carbonyl (C=O) groups is 2. The second kappa shape index (κ2) is 6.04. The first-order chi connectivity index (χ1) is 10.2. The predicted octanol–water partition coefficient (Wildman–Crippen LogP) is 3.85. The third kappa shape index (κ3) is 3.82. The summed E-state index contributed by atoms with van der Waals surface area (Å²) in [6, 6.07) is 5.18. The highest BCUT2D eigenvalue weighted by Gasteiger charge is 2.22. The van der Waals surface area contributed by atoms with Crippen LogP contribution in [0.15, 0.2) is 18.2 Å². The number of rotatable bonds is 3. The van der Waals surface area contributed by atoms with E-state index in [1.807, 2.05) is 34.6 Å². The number of thiazole rings is 1. The van der Waals surface area contributed by atoms with Gasteiger partial charge in [0.1, 0.15) is 0 Å². The summed E-state index contributed by atoms with van der Waals surface area (Å²) in [5.74, 6) is -0.448. The van der Waals surface area contributed by atoms with Crippen molar-refractivity contribution in [2.75, 3.05) is 5.32 Å². The molecule has 1 amide bonds. The summed E-state index contributed by atoms with van der Waals surface area (Å²) in [7, 11) is 0. The van der Waals surface area contributed by atoms with Gasteiger partial charge in [0.05, 0.1) is 21.9 Å².